The standard InChI is InChI=1S/C19H20N4O3S/c1-22-17(25)14-6-5-12(9-15(14)18(22)26)16(24)21-19-20-13(11-27-19)10-23-7-3-2-4-8-23/h5-6,9,11H,2-4,7-8,10H2,1H3,(H,20,21,24). The average Bonchev–Trinajstić information content (AvgIpc) is 3.20. The van der Waals surface area contributed by atoms with Gasteiger partial charge in [-0.1, -0.05) is 6.42 Å². The van der Waals surface area contributed by atoms with Gasteiger partial charge in [0.1, 0.15) is 0 Å². The first kappa shape index (κ1) is 17.8. The summed E-state index contributed by atoms with van der Waals surface area (Å²) >= 11 is 1.39. The molecule has 0 radical (unpaired) electrons. The molecule has 1 N–H and O–H groups in total. The highest BCUT2D eigenvalue weighted by atomic mass is 32.1. The average molecular weight is 384 g/mol. The SMILES string of the molecule is CN1C(=O)c2ccc(C(=O)Nc3nc(CN4CCCCC4)cs3)cc2C1=O. The van der Waals surface area contributed by atoms with Crippen molar-refractivity contribution in [3.63, 3.8) is 0 Å². The molecule has 4 rings (SSSR count). The number of anilines is 1. The molecular weight excluding hydrogens is 364 g/mol. The van der Waals surface area contributed by atoms with Gasteiger partial charge in [0.05, 0.1) is 16.8 Å². The van der Waals surface area contributed by atoms with Crippen LogP contribution in [0.25, 0.3) is 0 Å². The molecule has 1 aromatic carbocycles. The number of piperidine rings is 1. The molecule has 140 valence electrons. The molecule has 0 aliphatic carbocycles. The number of amides is 3. The summed E-state index contributed by atoms with van der Waals surface area (Å²) in [6.07, 6.45) is 3.74. The van der Waals surface area contributed by atoms with Crippen molar-refractivity contribution in [3.8, 4) is 0 Å². The van der Waals surface area contributed by atoms with Gasteiger partial charge in [-0.2, -0.15) is 0 Å². The van der Waals surface area contributed by atoms with E-state index in [0.29, 0.717) is 16.3 Å². The zero-order valence-corrected chi connectivity index (χ0v) is 15.8. The highest BCUT2D eigenvalue weighted by molar-refractivity contribution is 7.14. The summed E-state index contributed by atoms with van der Waals surface area (Å²) in [6.45, 7) is 2.99. The summed E-state index contributed by atoms with van der Waals surface area (Å²) < 4.78 is 0. The highest BCUT2D eigenvalue weighted by Crippen LogP contribution is 2.24. The van der Waals surface area contributed by atoms with Crippen LogP contribution in [0.1, 0.15) is 56.0 Å². The number of rotatable bonds is 4. The van der Waals surface area contributed by atoms with Gasteiger partial charge in [-0.05, 0) is 44.1 Å². The third-order valence-corrected chi connectivity index (χ3v) is 5.76. The molecule has 0 saturated carbocycles. The molecule has 2 aliphatic heterocycles. The van der Waals surface area contributed by atoms with E-state index in [9.17, 15) is 14.4 Å². The maximum Gasteiger partial charge on any atom is 0.261 e. The minimum absolute atomic E-state index is 0.264. The van der Waals surface area contributed by atoms with Gasteiger partial charge in [-0.3, -0.25) is 29.5 Å². The van der Waals surface area contributed by atoms with Crippen molar-refractivity contribution in [2.45, 2.75) is 25.8 Å². The highest BCUT2D eigenvalue weighted by Gasteiger charge is 2.33. The van der Waals surface area contributed by atoms with E-state index in [-0.39, 0.29) is 23.3 Å². The fourth-order valence-corrected chi connectivity index (χ4v) is 4.15. The van der Waals surface area contributed by atoms with Crippen LogP contribution in [0.4, 0.5) is 5.13 Å². The Bertz CT molecular complexity index is 917. The summed E-state index contributed by atoms with van der Waals surface area (Å²) in [5.74, 6) is -1.07. The number of aromatic nitrogens is 1. The number of carbonyl (C=O) groups excluding carboxylic acids is 3. The summed E-state index contributed by atoms with van der Waals surface area (Å²) in [4.78, 5) is 44.5. The zero-order valence-electron chi connectivity index (χ0n) is 15.0. The Morgan fingerprint density at radius 3 is 2.67 bits per heavy atom. The van der Waals surface area contributed by atoms with Gasteiger partial charge in [0.25, 0.3) is 17.7 Å². The van der Waals surface area contributed by atoms with Gasteiger partial charge in [0.2, 0.25) is 0 Å². The molecule has 3 heterocycles. The first-order valence-corrected chi connectivity index (χ1v) is 9.85. The lowest BCUT2D eigenvalue weighted by molar-refractivity contribution is 0.0693. The normalized spacial score (nSPS) is 17.3. The number of fused-ring (bicyclic) bond motifs is 1. The molecule has 1 saturated heterocycles. The van der Waals surface area contributed by atoms with Crippen LogP contribution in [0.5, 0.6) is 0 Å². The topological polar surface area (TPSA) is 82.6 Å². The molecule has 0 bridgehead atoms. The third-order valence-electron chi connectivity index (χ3n) is 4.96. The number of imide groups is 1. The Labute approximate surface area is 161 Å². The minimum atomic E-state index is -0.386. The van der Waals surface area contributed by atoms with E-state index in [1.54, 1.807) is 6.07 Å². The minimum Gasteiger partial charge on any atom is -0.298 e. The van der Waals surface area contributed by atoms with E-state index >= 15 is 0 Å². The van der Waals surface area contributed by atoms with Gasteiger partial charge >= 0.3 is 0 Å². The van der Waals surface area contributed by atoms with Crippen molar-refractivity contribution in [3.05, 3.63) is 46.0 Å². The number of nitrogens with zero attached hydrogens (tertiary/aromatic N) is 3. The lowest BCUT2D eigenvalue weighted by Crippen LogP contribution is -2.29. The van der Waals surface area contributed by atoms with Crippen molar-refractivity contribution >= 4 is 34.2 Å². The molecule has 8 heteroatoms. The summed E-state index contributed by atoms with van der Waals surface area (Å²) in [6, 6.07) is 4.55. The van der Waals surface area contributed by atoms with Gasteiger partial charge in [-0.15, -0.1) is 11.3 Å². The third kappa shape index (κ3) is 3.50. The maximum absolute atomic E-state index is 12.5. The Hall–Kier alpha value is -2.58. The number of carbonyl (C=O) groups is 3. The number of likely N-dealkylation sites (tertiary alicyclic amines) is 1. The molecule has 0 unspecified atom stereocenters. The fourth-order valence-electron chi connectivity index (χ4n) is 3.46. The van der Waals surface area contributed by atoms with Crippen LogP contribution < -0.4 is 5.32 Å². The van der Waals surface area contributed by atoms with Crippen LogP contribution >= 0.6 is 11.3 Å². The first-order valence-electron chi connectivity index (χ1n) is 8.97. The lowest BCUT2D eigenvalue weighted by atomic mass is 10.1. The monoisotopic (exact) mass is 384 g/mol. The number of hydrogen-bond donors (Lipinski definition) is 1. The van der Waals surface area contributed by atoms with E-state index in [4.69, 9.17) is 0 Å². The van der Waals surface area contributed by atoms with Crippen LogP contribution in [-0.2, 0) is 6.54 Å². The number of thiazole rings is 1. The molecular formula is C19H20N4O3S. The van der Waals surface area contributed by atoms with Crippen LogP contribution in [0.2, 0.25) is 0 Å². The van der Waals surface area contributed by atoms with Gasteiger partial charge in [-0.25, -0.2) is 4.98 Å². The van der Waals surface area contributed by atoms with Gasteiger partial charge in [0, 0.05) is 24.5 Å². The van der Waals surface area contributed by atoms with Crippen LogP contribution in [0, 0.1) is 0 Å². The van der Waals surface area contributed by atoms with E-state index in [1.807, 2.05) is 5.38 Å². The number of nitrogens with one attached hydrogen (secondary N) is 1. The van der Waals surface area contributed by atoms with E-state index in [0.717, 1.165) is 30.2 Å². The molecule has 0 spiro atoms. The van der Waals surface area contributed by atoms with Crippen molar-refractivity contribution in [1.29, 1.82) is 0 Å². The van der Waals surface area contributed by atoms with Gasteiger partial charge < -0.3 is 0 Å². The lowest BCUT2D eigenvalue weighted by Gasteiger charge is -2.25. The van der Waals surface area contributed by atoms with Crippen molar-refractivity contribution in [2.75, 3.05) is 25.5 Å². The summed E-state index contributed by atoms with van der Waals surface area (Å²) in [7, 11) is 1.43. The smallest absolute Gasteiger partial charge is 0.261 e. The van der Waals surface area contributed by atoms with Gasteiger partial charge in [0.15, 0.2) is 5.13 Å². The van der Waals surface area contributed by atoms with Crippen molar-refractivity contribution < 1.29 is 14.4 Å². The number of benzene rings is 1. The van der Waals surface area contributed by atoms with Crippen LogP contribution in [0.15, 0.2) is 23.6 Å². The van der Waals surface area contributed by atoms with Crippen molar-refractivity contribution in [1.82, 2.24) is 14.8 Å². The molecule has 0 atom stereocenters. The molecule has 1 aromatic heterocycles. The first-order chi connectivity index (χ1) is 13.0. The molecule has 2 aliphatic rings. The second kappa shape index (κ2) is 7.21. The Morgan fingerprint density at radius 2 is 1.89 bits per heavy atom. The number of hydrogen-bond acceptors (Lipinski definition) is 6. The molecule has 27 heavy (non-hydrogen) atoms. The Kier molecular flexibility index (Phi) is 4.75. The second-order valence-corrected chi connectivity index (χ2v) is 7.72. The largest absolute Gasteiger partial charge is 0.298 e. The Morgan fingerprint density at radius 1 is 1.15 bits per heavy atom. The summed E-state index contributed by atoms with van der Waals surface area (Å²) in [5, 5.41) is 5.28. The van der Waals surface area contributed by atoms with Crippen LogP contribution in [-0.4, -0.2) is 52.6 Å². The van der Waals surface area contributed by atoms with Crippen LogP contribution in [0.3, 0.4) is 0 Å². The quantitative estimate of drug-likeness (QED) is 0.820. The van der Waals surface area contributed by atoms with E-state index in [1.165, 1.54) is 49.8 Å². The zero-order chi connectivity index (χ0) is 19.0. The Balaban J connectivity index is 1.44. The molecule has 2 aromatic rings. The predicted octanol–water partition coefficient (Wildman–Crippen LogP) is 2.61. The van der Waals surface area contributed by atoms with Crippen molar-refractivity contribution in [2.24, 2.45) is 0 Å². The summed E-state index contributed by atoms with van der Waals surface area (Å²) in [5.41, 5.74) is 1.88. The molecule has 3 amide bonds. The van der Waals surface area contributed by atoms with E-state index < -0.39 is 0 Å². The van der Waals surface area contributed by atoms with E-state index in [2.05, 4.69) is 15.2 Å². The molecule has 1 fully saturated rings. The second-order valence-electron chi connectivity index (χ2n) is 6.86. The fraction of sp³-hybridized carbons (Fsp3) is 0.368. The molecule has 7 nitrogen and oxygen atoms in total. The predicted molar refractivity (Wildman–Crippen MR) is 102 cm³/mol. The maximum atomic E-state index is 12.5.